The van der Waals surface area contributed by atoms with E-state index in [0.717, 1.165) is 12.8 Å². The van der Waals surface area contributed by atoms with Gasteiger partial charge < -0.3 is 10.8 Å². The molecule has 0 aliphatic heterocycles. The number of rotatable bonds is 4. The monoisotopic (exact) mass is 145 g/mol. The first-order valence-corrected chi connectivity index (χ1v) is 4.00. The van der Waals surface area contributed by atoms with E-state index in [0.29, 0.717) is 0 Å². The highest BCUT2D eigenvalue weighted by Crippen LogP contribution is 2.21. The van der Waals surface area contributed by atoms with Gasteiger partial charge in [0.1, 0.15) is 0 Å². The summed E-state index contributed by atoms with van der Waals surface area (Å²) in [6, 6.07) is 0. The van der Waals surface area contributed by atoms with Gasteiger partial charge in [-0.25, -0.2) is 0 Å². The lowest BCUT2D eigenvalue weighted by atomic mass is 9.82. The van der Waals surface area contributed by atoms with Crippen LogP contribution in [0.2, 0.25) is 0 Å². The predicted octanol–water partition coefficient (Wildman–Crippen LogP) is 1.13. The molecule has 1 unspecified atom stereocenters. The molecule has 0 bridgehead atoms. The van der Waals surface area contributed by atoms with Crippen molar-refractivity contribution in [3.05, 3.63) is 0 Å². The second-order valence-electron chi connectivity index (χ2n) is 3.02. The van der Waals surface area contributed by atoms with Crippen molar-refractivity contribution in [1.29, 1.82) is 0 Å². The van der Waals surface area contributed by atoms with Crippen LogP contribution >= 0.6 is 0 Å². The standard InChI is InChI=1S/C8H19NO/c1-4-8(9,5-2)7(3)6-10/h7,10H,4-6,9H2,1-3H3. The minimum Gasteiger partial charge on any atom is -0.396 e. The van der Waals surface area contributed by atoms with Crippen LogP contribution in [0.4, 0.5) is 0 Å². The van der Waals surface area contributed by atoms with Crippen LogP contribution in [0.3, 0.4) is 0 Å². The number of aliphatic hydroxyl groups is 1. The van der Waals surface area contributed by atoms with Crippen LogP contribution in [0.25, 0.3) is 0 Å². The molecule has 0 heterocycles. The van der Waals surface area contributed by atoms with Crippen LogP contribution in [0.5, 0.6) is 0 Å². The van der Waals surface area contributed by atoms with Crippen LogP contribution in [-0.2, 0) is 0 Å². The highest BCUT2D eigenvalue weighted by Gasteiger charge is 2.26. The van der Waals surface area contributed by atoms with Crippen molar-refractivity contribution >= 4 is 0 Å². The van der Waals surface area contributed by atoms with E-state index in [1.54, 1.807) is 0 Å². The van der Waals surface area contributed by atoms with Gasteiger partial charge in [-0.1, -0.05) is 20.8 Å². The van der Waals surface area contributed by atoms with Crippen molar-refractivity contribution in [3.8, 4) is 0 Å². The summed E-state index contributed by atoms with van der Waals surface area (Å²) in [5.41, 5.74) is 5.83. The third-order valence-electron chi connectivity index (χ3n) is 2.57. The number of nitrogens with two attached hydrogens (primary N) is 1. The van der Waals surface area contributed by atoms with Crippen LogP contribution < -0.4 is 5.73 Å². The van der Waals surface area contributed by atoms with Crippen LogP contribution in [0.15, 0.2) is 0 Å². The van der Waals surface area contributed by atoms with Crippen molar-refractivity contribution < 1.29 is 5.11 Å². The zero-order valence-corrected chi connectivity index (χ0v) is 7.22. The van der Waals surface area contributed by atoms with Crippen molar-refractivity contribution in [1.82, 2.24) is 0 Å². The minimum absolute atomic E-state index is 0.158. The Morgan fingerprint density at radius 3 is 1.90 bits per heavy atom. The van der Waals surface area contributed by atoms with Gasteiger partial charge in [0.15, 0.2) is 0 Å². The summed E-state index contributed by atoms with van der Waals surface area (Å²) in [4.78, 5) is 0. The average Bonchev–Trinajstić information content (AvgIpc) is 2.01. The first kappa shape index (κ1) is 9.92. The molecule has 0 rings (SSSR count). The van der Waals surface area contributed by atoms with Gasteiger partial charge in [-0.3, -0.25) is 0 Å². The van der Waals surface area contributed by atoms with E-state index >= 15 is 0 Å². The van der Waals surface area contributed by atoms with Gasteiger partial charge in [-0.05, 0) is 18.8 Å². The van der Waals surface area contributed by atoms with Crippen molar-refractivity contribution in [2.24, 2.45) is 11.7 Å². The maximum Gasteiger partial charge on any atom is 0.0474 e. The molecule has 0 aromatic heterocycles. The predicted molar refractivity (Wildman–Crippen MR) is 43.8 cm³/mol. The lowest BCUT2D eigenvalue weighted by Crippen LogP contribution is -2.46. The number of hydrogen-bond acceptors (Lipinski definition) is 2. The molecule has 1 atom stereocenters. The minimum atomic E-state index is -0.158. The molecule has 10 heavy (non-hydrogen) atoms. The summed E-state index contributed by atoms with van der Waals surface area (Å²) in [5, 5.41) is 8.85. The molecule has 0 radical (unpaired) electrons. The topological polar surface area (TPSA) is 46.2 Å². The fraction of sp³-hybridized carbons (Fsp3) is 1.00. The van der Waals surface area contributed by atoms with E-state index in [1.165, 1.54) is 0 Å². The number of aliphatic hydroxyl groups excluding tert-OH is 1. The first-order chi connectivity index (χ1) is 4.60. The normalized spacial score (nSPS) is 15.3. The molecule has 0 amide bonds. The molecule has 2 heteroatoms. The molecule has 0 saturated carbocycles. The summed E-state index contributed by atoms with van der Waals surface area (Å²) in [6.45, 7) is 6.32. The van der Waals surface area contributed by atoms with Gasteiger partial charge in [0.2, 0.25) is 0 Å². The molecule has 2 nitrogen and oxygen atoms in total. The highest BCUT2D eigenvalue weighted by atomic mass is 16.3. The third kappa shape index (κ3) is 1.96. The van der Waals surface area contributed by atoms with Gasteiger partial charge in [0, 0.05) is 12.1 Å². The van der Waals surface area contributed by atoms with E-state index in [2.05, 4.69) is 13.8 Å². The Labute approximate surface area is 63.4 Å². The molecule has 0 fully saturated rings. The highest BCUT2D eigenvalue weighted by molar-refractivity contribution is 4.85. The smallest absolute Gasteiger partial charge is 0.0474 e. The molecule has 0 aromatic rings. The van der Waals surface area contributed by atoms with Gasteiger partial charge in [-0.15, -0.1) is 0 Å². The maximum absolute atomic E-state index is 8.85. The van der Waals surface area contributed by atoms with Crippen molar-refractivity contribution in [2.45, 2.75) is 39.2 Å². The quantitative estimate of drug-likeness (QED) is 0.623. The second kappa shape index (κ2) is 3.94. The summed E-state index contributed by atoms with van der Waals surface area (Å²) in [6.07, 6.45) is 1.87. The Hall–Kier alpha value is -0.0800. The molecular weight excluding hydrogens is 126 g/mol. The van der Waals surface area contributed by atoms with Crippen LogP contribution in [0, 0.1) is 5.92 Å². The second-order valence-corrected chi connectivity index (χ2v) is 3.02. The Bertz CT molecular complexity index is 89.3. The molecule has 0 aromatic carbocycles. The van der Waals surface area contributed by atoms with Gasteiger partial charge in [-0.2, -0.15) is 0 Å². The number of hydrogen-bond donors (Lipinski definition) is 2. The first-order valence-electron chi connectivity index (χ1n) is 4.00. The van der Waals surface area contributed by atoms with Crippen LogP contribution in [0.1, 0.15) is 33.6 Å². The average molecular weight is 145 g/mol. The molecule has 0 aliphatic carbocycles. The van der Waals surface area contributed by atoms with E-state index in [-0.39, 0.29) is 18.1 Å². The maximum atomic E-state index is 8.85. The summed E-state index contributed by atoms with van der Waals surface area (Å²) >= 11 is 0. The van der Waals surface area contributed by atoms with Crippen LogP contribution in [-0.4, -0.2) is 17.3 Å². The Balaban J connectivity index is 4.02. The molecular formula is C8H19NO. The zero-order chi connectivity index (χ0) is 8.20. The lowest BCUT2D eigenvalue weighted by molar-refractivity contribution is 0.157. The lowest BCUT2D eigenvalue weighted by Gasteiger charge is -2.32. The largest absolute Gasteiger partial charge is 0.396 e. The molecule has 0 spiro atoms. The van der Waals surface area contributed by atoms with Gasteiger partial charge in [0.05, 0.1) is 0 Å². The zero-order valence-electron chi connectivity index (χ0n) is 7.22. The van der Waals surface area contributed by atoms with E-state index in [1.807, 2.05) is 6.92 Å². The molecule has 0 saturated heterocycles. The fourth-order valence-electron chi connectivity index (χ4n) is 1.13. The third-order valence-corrected chi connectivity index (χ3v) is 2.57. The fourth-order valence-corrected chi connectivity index (χ4v) is 1.13. The van der Waals surface area contributed by atoms with Crippen molar-refractivity contribution in [3.63, 3.8) is 0 Å². The van der Waals surface area contributed by atoms with Gasteiger partial charge >= 0.3 is 0 Å². The van der Waals surface area contributed by atoms with Gasteiger partial charge in [0.25, 0.3) is 0 Å². The van der Waals surface area contributed by atoms with E-state index in [4.69, 9.17) is 10.8 Å². The molecule has 0 aliphatic rings. The summed E-state index contributed by atoms with van der Waals surface area (Å²) in [7, 11) is 0. The Morgan fingerprint density at radius 1 is 1.40 bits per heavy atom. The Kier molecular flexibility index (Phi) is 3.91. The molecule has 62 valence electrons. The Morgan fingerprint density at radius 2 is 1.80 bits per heavy atom. The summed E-state index contributed by atoms with van der Waals surface area (Å²) in [5.74, 6) is 0.211. The van der Waals surface area contributed by atoms with E-state index in [9.17, 15) is 0 Å². The van der Waals surface area contributed by atoms with E-state index < -0.39 is 0 Å². The SMILES string of the molecule is CCC(N)(CC)C(C)CO. The van der Waals surface area contributed by atoms with Crippen molar-refractivity contribution in [2.75, 3.05) is 6.61 Å². The molecule has 3 N–H and O–H groups in total. The summed E-state index contributed by atoms with van der Waals surface area (Å²) < 4.78 is 0.